The summed E-state index contributed by atoms with van der Waals surface area (Å²) in [5.41, 5.74) is 4.67. The van der Waals surface area contributed by atoms with E-state index in [9.17, 15) is 9.59 Å². The van der Waals surface area contributed by atoms with Crippen molar-refractivity contribution in [1.29, 1.82) is 0 Å². The second-order valence-electron chi connectivity index (χ2n) is 7.75. The van der Waals surface area contributed by atoms with Gasteiger partial charge in [-0.2, -0.15) is 0 Å². The second-order valence-corrected chi connectivity index (χ2v) is 7.75. The zero-order chi connectivity index (χ0) is 23.6. The molecule has 3 aromatic rings. The maximum absolute atomic E-state index is 12.1. The molecule has 5 nitrogen and oxygen atoms in total. The third-order valence-corrected chi connectivity index (χ3v) is 4.95. The Kier molecular flexibility index (Phi) is 8.42. The van der Waals surface area contributed by atoms with Gasteiger partial charge in [0.15, 0.2) is 0 Å². The van der Waals surface area contributed by atoms with Crippen LogP contribution in [0.25, 0.3) is 6.08 Å². The molecule has 0 fully saturated rings. The van der Waals surface area contributed by atoms with Gasteiger partial charge in [0.2, 0.25) is 0 Å². The molecule has 0 atom stereocenters. The summed E-state index contributed by atoms with van der Waals surface area (Å²) in [5.74, 6) is 0.589. The van der Waals surface area contributed by atoms with Crippen LogP contribution in [-0.2, 0) is 27.4 Å². The number of aryl methyl sites for hydroxylation is 2. The number of carbonyl (C=O) groups excluding carboxylic acids is 2. The van der Waals surface area contributed by atoms with E-state index in [1.165, 1.54) is 13.0 Å². The summed E-state index contributed by atoms with van der Waals surface area (Å²) in [6.45, 7) is 5.90. The van der Waals surface area contributed by atoms with Crippen molar-refractivity contribution in [2.45, 2.75) is 33.8 Å². The number of hydrogen-bond acceptors (Lipinski definition) is 5. The van der Waals surface area contributed by atoms with E-state index < -0.39 is 5.97 Å². The molecule has 0 aliphatic heterocycles. The van der Waals surface area contributed by atoms with Crippen LogP contribution in [0.5, 0.6) is 11.5 Å². The quantitative estimate of drug-likeness (QED) is 0.244. The van der Waals surface area contributed by atoms with Gasteiger partial charge >= 0.3 is 11.9 Å². The highest BCUT2D eigenvalue weighted by Crippen LogP contribution is 2.25. The summed E-state index contributed by atoms with van der Waals surface area (Å²) in [6.07, 6.45) is 3.72. The highest BCUT2D eigenvalue weighted by molar-refractivity contribution is 5.87. The Morgan fingerprint density at radius 3 is 2.18 bits per heavy atom. The predicted molar refractivity (Wildman–Crippen MR) is 128 cm³/mol. The van der Waals surface area contributed by atoms with Crippen molar-refractivity contribution < 1.29 is 23.8 Å². The molecule has 0 aliphatic carbocycles. The fourth-order valence-electron chi connectivity index (χ4n) is 3.36. The minimum atomic E-state index is -0.405. The van der Waals surface area contributed by atoms with E-state index in [2.05, 4.69) is 0 Å². The SMILES string of the molecule is CC(=O)Oc1c(C)cc(/C=C/C(=O)OCCc2ccc(OCc3ccccc3)cc2)cc1C. The Bertz CT molecular complexity index is 1090. The summed E-state index contributed by atoms with van der Waals surface area (Å²) in [7, 11) is 0. The Morgan fingerprint density at radius 2 is 1.55 bits per heavy atom. The predicted octanol–water partition coefficient (Wildman–Crippen LogP) is 5.61. The normalized spacial score (nSPS) is 10.8. The fraction of sp³-hybridized carbons (Fsp3) is 0.214. The molecular formula is C28H28O5. The molecule has 0 amide bonds. The van der Waals surface area contributed by atoms with Gasteiger partial charge in [-0.3, -0.25) is 4.79 Å². The second kappa shape index (κ2) is 11.7. The van der Waals surface area contributed by atoms with Crippen LogP contribution in [0.3, 0.4) is 0 Å². The molecule has 0 heterocycles. The number of esters is 2. The molecule has 0 N–H and O–H groups in total. The molecule has 0 aromatic heterocycles. The van der Waals surface area contributed by atoms with Gasteiger partial charge in [-0.05, 0) is 72.0 Å². The summed E-state index contributed by atoms with van der Waals surface area (Å²) in [6, 6.07) is 21.5. The van der Waals surface area contributed by atoms with Crippen LogP contribution in [-0.4, -0.2) is 18.5 Å². The van der Waals surface area contributed by atoms with E-state index in [1.807, 2.05) is 80.6 Å². The lowest BCUT2D eigenvalue weighted by atomic mass is 10.1. The molecule has 3 aromatic carbocycles. The molecular weight excluding hydrogens is 416 g/mol. The van der Waals surface area contributed by atoms with E-state index in [1.54, 1.807) is 6.08 Å². The molecule has 0 saturated carbocycles. The minimum absolute atomic E-state index is 0.289. The van der Waals surface area contributed by atoms with Gasteiger partial charge in [0, 0.05) is 19.4 Å². The van der Waals surface area contributed by atoms with Gasteiger partial charge < -0.3 is 14.2 Å². The molecule has 3 rings (SSSR count). The van der Waals surface area contributed by atoms with E-state index >= 15 is 0 Å². The Labute approximate surface area is 194 Å². The van der Waals surface area contributed by atoms with Gasteiger partial charge in [-0.1, -0.05) is 42.5 Å². The first-order chi connectivity index (χ1) is 15.9. The molecule has 0 bridgehead atoms. The number of rotatable bonds is 9. The molecule has 33 heavy (non-hydrogen) atoms. The first-order valence-electron chi connectivity index (χ1n) is 10.8. The molecule has 0 spiro atoms. The van der Waals surface area contributed by atoms with Crippen molar-refractivity contribution in [3.8, 4) is 11.5 Å². The Morgan fingerprint density at radius 1 is 0.879 bits per heavy atom. The molecule has 0 saturated heterocycles. The van der Waals surface area contributed by atoms with Crippen molar-refractivity contribution in [2.75, 3.05) is 6.61 Å². The smallest absolute Gasteiger partial charge is 0.330 e. The van der Waals surface area contributed by atoms with Crippen LogP contribution in [0.1, 0.15) is 34.7 Å². The van der Waals surface area contributed by atoms with Crippen LogP contribution in [0.15, 0.2) is 72.8 Å². The molecule has 5 heteroatoms. The zero-order valence-electron chi connectivity index (χ0n) is 19.2. The zero-order valence-corrected chi connectivity index (χ0v) is 19.2. The third-order valence-electron chi connectivity index (χ3n) is 4.95. The topological polar surface area (TPSA) is 61.8 Å². The highest BCUT2D eigenvalue weighted by Gasteiger charge is 2.08. The van der Waals surface area contributed by atoms with Crippen LogP contribution in [0.2, 0.25) is 0 Å². The lowest BCUT2D eigenvalue weighted by molar-refractivity contribution is -0.137. The average Bonchev–Trinajstić information content (AvgIpc) is 2.80. The first-order valence-corrected chi connectivity index (χ1v) is 10.8. The lowest BCUT2D eigenvalue weighted by Crippen LogP contribution is -2.05. The van der Waals surface area contributed by atoms with Crippen molar-refractivity contribution in [2.24, 2.45) is 0 Å². The standard InChI is InChI=1S/C28H28O5/c1-20-17-25(18-21(2)28(20)33-22(3)29)11-14-27(30)31-16-15-23-9-12-26(13-10-23)32-19-24-7-5-4-6-8-24/h4-14,17-18H,15-16,19H2,1-3H3/b14-11+. The maximum atomic E-state index is 12.1. The third kappa shape index (κ3) is 7.65. The fourth-order valence-corrected chi connectivity index (χ4v) is 3.36. The number of ether oxygens (including phenoxy) is 3. The van der Waals surface area contributed by atoms with E-state index in [4.69, 9.17) is 14.2 Å². The van der Waals surface area contributed by atoms with Crippen LogP contribution in [0, 0.1) is 13.8 Å². The summed E-state index contributed by atoms with van der Waals surface area (Å²) >= 11 is 0. The monoisotopic (exact) mass is 444 g/mol. The molecule has 0 unspecified atom stereocenters. The van der Waals surface area contributed by atoms with Crippen LogP contribution < -0.4 is 9.47 Å². The number of carbonyl (C=O) groups is 2. The minimum Gasteiger partial charge on any atom is -0.489 e. The van der Waals surface area contributed by atoms with Gasteiger partial charge in [0.25, 0.3) is 0 Å². The first kappa shape index (κ1) is 23.8. The van der Waals surface area contributed by atoms with Crippen LogP contribution >= 0.6 is 0 Å². The van der Waals surface area contributed by atoms with Gasteiger partial charge in [-0.15, -0.1) is 0 Å². The van der Waals surface area contributed by atoms with Crippen molar-refractivity contribution in [3.05, 3.63) is 101 Å². The number of hydrogen-bond donors (Lipinski definition) is 0. The van der Waals surface area contributed by atoms with Crippen molar-refractivity contribution in [3.63, 3.8) is 0 Å². The molecule has 170 valence electrons. The van der Waals surface area contributed by atoms with Gasteiger partial charge in [-0.25, -0.2) is 4.79 Å². The Balaban J connectivity index is 1.44. The summed E-state index contributed by atoms with van der Waals surface area (Å²) in [5, 5.41) is 0. The number of benzene rings is 3. The highest BCUT2D eigenvalue weighted by atomic mass is 16.5. The van der Waals surface area contributed by atoms with E-state index in [0.29, 0.717) is 18.8 Å². The summed E-state index contributed by atoms with van der Waals surface area (Å²) in [4.78, 5) is 23.3. The molecule has 0 aliphatic rings. The average molecular weight is 445 g/mol. The maximum Gasteiger partial charge on any atom is 0.330 e. The molecule has 0 radical (unpaired) electrons. The Hall–Kier alpha value is -3.86. The van der Waals surface area contributed by atoms with Gasteiger partial charge in [0.05, 0.1) is 6.61 Å². The van der Waals surface area contributed by atoms with E-state index in [0.717, 1.165) is 33.6 Å². The summed E-state index contributed by atoms with van der Waals surface area (Å²) < 4.78 is 16.3. The van der Waals surface area contributed by atoms with Crippen molar-refractivity contribution >= 4 is 18.0 Å². The largest absolute Gasteiger partial charge is 0.489 e. The lowest BCUT2D eigenvalue weighted by Gasteiger charge is -2.10. The van der Waals surface area contributed by atoms with E-state index in [-0.39, 0.29) is 12.6 Å². The van der Waals surface area contributed by atoms with Gasteiger partial charge in [0.1, 0.15) is 18.1 Å². The van der Waals surface area contributed by atoms with Crippen molar-refractivity contribution in [1.82, 2.24) is 0 Å². The van der Waals surface area contributed by atoms with Crippen LogP contribution in [0.4, 0.5) is 0 Å².